The first-order valence-corrected chi connectivity index (χ1v) is 8.78. The number of guanidine groups is 1. The van der Waals surface area contributed by atoms with Crippen LogP contribution in [0.5, 0.6) is 0 Å². The Balaban J connectivity index is 1.93. The van der Waals surface area contributed by atoms with Crippen LogP contribution in [0.25, 0.3) is 0 Å². The molecule has 1 saturated heterocycles. The van der Waals surface area contributed by atoms with Crippen molar-refractivity contribution >= 4 is 11.9 Å². The molecule has 0 bridgehead atoms. The lowest BCUT2D eigenvalue weighted by molar-refractivity contribution is -0.121. The molecule has 1 aromatic heterocycles. The number of carbonyl (C=O) groups excluding carboxylic acids is 1. The molecule has 1 aromatic rings. The summed E-state index contributed by atoms with van der Waals surface area (Å²) >= 11 is 0. The van der Waals surface area contributed by atoms with Crippen molar-refractivity contribution in [1.29, 1.82) is 0 Å². The molecule has 1 aliphatic rings. The second kappa shape index (κ2) is 9.25. The topological polar surface area (TPSA) is 69.6 Å². The lowest BCUT2D eigenvalue weighted by Gasteiger charge is -2.34. The highest BCUT2D eigenvalue weighted by atomic mass is 16.1. The molecule has 0 radical (unpaired) electrons. The smallest absolute Gasteiger partial charge is 0.220 e. The lowest BCUT2D eigenvalue weighted by Crippen LogP contribution is -2.46. The summed E-state index contributed by atoms with van der Waals surface area (Å²) in [6, 6.07) is 6.02. The predicted molar refractivity (Wildman–Crippen MR) is 96.8 cm³/mol. The number of amides is 1. The largest absolute Gasteiger partial charge is 0.359 e. The van der Waals surface area contributed by atoms with E-state index in [1.165, 1.54) is 0 Å². The van der Waals surface area contributed by atoms with E-state index in [2.05, 4.69) is 27.4 Å². The summed E-state index contributed by atoms with van der Waals surface area (Å²) in [5, 5.41) is 6.09. The van der Waals surface area contributed by atoms with Crippen molar-refractivity contribution in [3.8, 4) is 0 Å². The van der Waals surface area contributed by atoms with Gasteiger partial charge in [0.05, 0.1) is 12.2 Å². The summed E-state index contributed by atoms with van der Waals surface area (Å²) in [7, 11) is 1.70. The van der Waals surface area contributed by atoms with Gasteiger partial charge in [0.15, 0.2) is 5.96 Å². The number of pyridine rings is 1. The molecule has 2 heterocycles. The molecule has 0 unspecified atom stereocenters. The second-order valence-corrected chi connectivity index (χ2v) is 6.25. The van der Waals surface area contributed by atoms with E-state index in [0.29, 0.717) is 18.9 Å². The number of hydrogen-bond donors (Lipinski definition) is 2. The van der Waals surface area contributed by atoms with E-state index < -0.39 is 0 Å². The molecular weight excluding hydrogens is 302 g/mol. The van der Waals surface area contributed by atoms with E-state index in [1.807, 2.05) is 25.1 Å². The summed E-state index contributed by atoms with van der Waals surface area (Å²) in [5.74, 6) is 1.56. The van der Waals surface area contributed by atoms with Gasteiger partial charge >= 0.3 is 0 Å². The van der Waals surface area contributed by atoms with Gasteiger partial charge < -0.3 is 15.5 Å². The summed E-state index contributed by atoms with van der Waals surface area (Å²) in [5.41, 5.74) is 2.00. The van der Waals surface area contributed by atoms with Crippen LogP contribution in [0, 0.1) is 12.8 Å². The zero-order valence-electron chi connectivity index (χ0n) is 15.0. The number of aromatic nitrogens is 1. The molecule has 0 spiro atoms. The van der Waals surface area contributed by atoms with Crippen LogP contribution in [0.15, 0.2) is 23.2 Å². The number of piperidine rings is 1. The Hall–Kier alpha value is -2.11. The Morgan fingerprint density at radius 1 is 1.38 bits per heavy atom. The van der Waals surface area contributed by atoms with Gasteiger partial charge in [0.1, 0.15) is 0 Å². The van der Waals surface area contributed by atoms with Crippen LogP contribution >= 0.6 is 0 Å². The fraction of sp³-hybridized carbons (Fsp3) is 0.611. The van der Waals surface area contributed by atoms with Crippen LogP contribution in [0.4, 0.5) is 0 Å². The maximum Gasteiger partial charge on any atom is 0.220 e. The van der Waals surface area contributed by atoms with Crippen LogP contribution in [0.1, 0.15) is 37.6 Å². The van der Waals surface area contributed by atoms with Crippen molar-refractivity contribution in [2.24, 2.45) is 10.9 Å². The zero-order chi connectivity index (χ0) is 17.4. The molecule has 1 fully saturated rings. The van der Waals surface area contributed by atoms with E-state index in [9.17, 15) is 4.79 Å². The van der Waals surface area contributed by atoms with Gasteiger partial charge in [-0.15, -0.1) is 0 Å². The molecule has 6 heteroatoms. The molecule has 1 amide bonds. The van der Waals surface area contributed by atoms with E-state index in [-0.39, 0.29) is 5.91 Å². The van der Waals surface area contributed by atoms with Crippen LogP contribution in [-0.2, 0) is 11.3 Å². The van der Waals surface area contributed by atoms with Crippen molar-refractivity contribution in [3.05, 3.63) is 29.6 Å². The maximum atomic E-state index is 11.5. The van der Waals surface area contributed by atoms with Crippen LogP contribution in [-0.4, -0.2) is 48.4 Å². The van der Waals surface area contributed by atoms with Gasteiger partial charge in [0.2, 0.25) is 5.91 Å². The van der Waals surface area contributed by atoms with E-state index >= 15 is 0 Å². The Morgan fingerprint density at radius 2 is 2.12 bits per heavy atom. The van der Waals surface area contributed by atoms with E-state index in [0.717, 1.165) is 49.8 Å². The van der Waals surface area contributed by atoms with Gasteiger partial charge in [-0.25, -0.2) is 4.99 Å². The first kappa shape index (κ1) is 18.2. The van der Waals surface area contributed by atoms with E-state index in [4.69, 9.17) is 4.99 Å². The molecule has 0 aliphatic carbocycles. The number of aryl methyl sites for hydroxylation is 1. The van der Waals surface area contributed by atoms with Crippen molar-refractivity contribution in [3.63, 3.8) is 0 Å². The van der Waals surface area contributed by atoms with Crippen molar-refractivity contribution in [1.82, 2.24) is 20.5 Å². The number of nitrogens with one attached hydrogen (secondary N) is 2. The molecule has 24 heavy (non-hydrogen) atoms. The highest BCUT2D eigenvalue weighted by molar-refractivity contribution is 5.80. The molecule has 1 aliphatic heterocycles. The van der Waals surface area contributed by atoms with Crippen LogP contribution in [0.3, 0.4) is 0 Å². The summed E-state index contributed by atoms with van der Waals surface area (Å²) in [4.78, 5) is 23.1. The lowest BCUT2D eigenvalue weighted by atomic mass is 9.93. The fourth-order valence-corrected chi connectivity index (χ4v) is 2.98. The van der Waals surface area contributed by atoms with Gasteiger partial charge in [-0.1, -0.05) is 6.07 Å². The minimum Gasteiger partial charge on any atom is -0.359 e. The zero-order valence-corrected chi connectivity index (χ0v) is 15.0. The normalized spacial score (nSPS) is 16.1. The molecule has 2 N–H and O–H groups in total. The van der Waals surface area contributed by atoms with Gasteiger partial charge in [0, 0.05) is 38.8 Å². The highest BCUT2D eigenvalue weighted by Crippen LogP contribution is 2.20. The first-order valence-electron chi connectivity index (χ1n) is 8.78. The Bertz CT molecular complexity index is 564. The van der Waals surface area contributed by atoms with Gasteiger partial charge in [-0.3, -0.25) is 9.78 Å². The maximum absolute atomic E-state index is 11.5. The number of nitrogens with zero attached hydrogens (tertiary/aromatic N) is 3. The van der Waals surface area contributed by atoms with Crippen LogP contribution in [0.2, 0.25) is 0 Å². The van der Waals surface area contributed by atoms with Gasteiger partial charge in [0.25, 0.3) is 0 Å². The summed E-state index contributed by atoms with van der Waals surface area (Å²) in [6.45, 7) is 7.39. The number of hydrogen-bond acceptors (Lipinski definition) is 3. The molecule has 2 rings (SSSR count). The number of rotatable bonds is 5. The minimum absolute atomic E-state index is 0.138. The number of carbonyl (C=O) groups is 1. The Morgan fingerprint density at radius 3 is 2.75 bits per heavy atom. The standard InChI is InChI=1S/C18H29N5O/c1-4-20-18(21-13-16-7-5-6-14(2)22-16)23-10-8-15(9-11-23)12-17(24)19-3/h5-7,15H,4,8-13H2,1-3H3,(H,19,24)(H,20,21). The predicted octanol–water partition coefficient (Wildman–Crippen LogP) is 1.70. The molecule has 0 atom stereocenters. The molecule has 132 valence electrons. The monoisotopic (exact) mass is 331 g/mol. The Kier molecular flexibility index (Phi) is 7.03. The number of aliphatic imine (C=N–C) groups is 1. The minimum atomic E-state index is 0.138. The van der Waals surface area contributed by atoms with Crippen molar-refractivity contribution in [2.75, 3.05) is 26.7 Å². The highest BCUT2D eigenvalue weighted by Gasteiger charge is 2.23. The fourth-order valence-electron chi connectivity index (χ4n) is 2.98. The third kappa shape index (κ3) is 5.51. The summed E-state index contributed by atoms with van der Waals surface area (Å²) in [6.07, 6.45) is 2.69. The second-order valence-electron chi connectivity index (χ2n) is 6.25. The number of likely N-dealkylation sites (tertiary alicyclic amines) is 1. The van der Waals surface area contributed by atoms with Gasteiger partial charge in [-0.2, -0.15) is 0 Å². The SMILES string of the molecule is CCNC(=NCc1cccc(C)n1)N1CCC(CC(=O)NC)CC1. The van der Waals surface area contributed by atoms with Crippen molar-refractivity contribution < 1.29 is 4.79 Å². The van der Waals surface area contributed by atoms with Crippen molar-refractivity contribution in [2.45, 2.75) is 39.7 Å². The van der Waals surface area contributed by atoms with Gasteiger partial charge in [-0.05, 0) is 44.7 Å². The first-order chi connectivity index (χ1) is 11.6. The quantitative estimate of drug-likeness (QED) is 0.636. The molecular formula is C18H29N5O. The van der Waals surface area contributed by atoms with Crippen LogP contribution < -0.4 is 10.6 Å². The Labute approximate surface area is 144 Å². The average molecular weight is 331 g/mol. The molecule has 0 aromatic carbocycles. The van der Waals surface area contributed by atoms with E-state index in [1.54, 1.807) is 7.05 Å². The third-order valence-electron chi connectivity index (χ3n) is 4.34. The summed E-state index contributed by atoms with van der Waals surface area (Å²) < 4.78 is 0. The molecule has 6 nitrogen and oxygen atoms in total. The molecule has 0 saturated carbocycles. The average Bonchev–Trinajstić information content (AvgIpc) is 2.59. The third-order valence-corrected chi connectivity index (χ3v) is 4.34.